The number of hydrogen-bond donors (Lipinski definition) is 1. The lowest BCUT2D eigenvalue weighted by molar-refractivity contribution is -0.163. The first-order chi connectivity index (χ1) is 11.0. The number of ketones is 1. The Kier molecular flexibility index (Phi) is 6.34. The van der Waals surface area contributed by atoms with E-state index in [0.717, 1.165) is 0 Å². The van der Waals surface area contributed by atoms with Gasteiger partial charge < -0.3 is 19.5 Å². The van der Waals surface area contributed by atoms with Gasteiger partial charge in [-0.05, 0) is 34.1 Å². The summed E-state index contributed by atoms with van der Waals surface area (Å²) in [6.07, 6.45) is -1.44. The van der Waals surface area contributed by atoms with Gasteiger partial charge in [0.2, 0.25) is 0 Å². The lowest BCUT2D eigenvalue weighted by Gasteiger charge is -2.27. The Morgan fingerprint density at radius 1 is 1.25 bits per heavy atom. The Bertz CT molecular complexity index is 523. The SMILES string of the molecule is CCOC(=O)CC1(C(=O)O)CCN(C(=O)OC(C)(C)C)CCC1=O. The fraction of sp³-hybridized carbons (Fsp3) is 0.750. The third kappa shape index (κ3) is 4.94. The Balaban J connectivity index is 2.94. The van der Waals surface area contributed by atoms with E-state index in [1.54, 1.807) is 27.7 Å². The van der Waals surface area contributed by atoms with Crippen molar-refractivity contribution < 1.29 is 33.8 Å². The van der Waals surface area contributed by atoms with Crippen molar-refractivity contribution in [3.05, 3.63) is 0 Å². The van der Waals surface area contributed by atoms with Crippen LogP contribution in [0.15, 0.2) is 0 Å². The van der Waals surface area contributed by atoms with E-state index < -0.39 is 41.3 Å². The van der Waals surface area contributed by atoms with E-state index in [9.17, 15) is 24.3 Å². The number of carboxylic acid groups (broad SMARTS) is 1. The van der Waals surface area contributed by atoms with Gasteiger partial charge >= 0.3 is 18.0 Å². The highest BCUT2D eigenvalue weighted by Gasteiger charge is 2.49. The van der Waals surface area contributed by atoms with E-state index in [1.165, 1.54) is 4.90 Å². The molecule has 24 heavy (non-hydrogen) atoms. The first kappa shape index (κ1) is 19.9. The molecule has 1 N–H and O–H groups in total. The summed E-state index contributed by atoms with van der Waals surface area (Å²) in [5.41, 5.74) is -2.55. The predicted molar refractivity (Wildman–Crippen MR) is 83.4 cm³/mol. The largest absolute Gasteiger partial charge is 0.480 e. The first-order valence-corrected chi connectivity index (χ1v) is 7.92. The molecule has 0 spiro atoms. The van der Waals surface area contributed by atoms with Crippen LogP contribution >= 0.6 is 0 Å². The summed E-state index contributed by atoms with van der Waals surface area (Å²) in [5, 5.41) is 9.55. The van der Waals surface area contributed by atoms with E-state index in [2.05, 4.69) is 0 Å². The molecule has 0 aromatic carbocycles. The molecule has 1 aliphatic rings. The highest BCUT2D eigenvalue weighted by atomic mass is 16.6. The molecule has 0 aromatic rings. The molecule has 1 saturated heterocycles. The van der Waals surface area contributed by atoms with Gasteiger partial charge in [0.25, 0.3) is 0 Å². The summed E-state index contributed by atoms with van der Waals surface area (Å²) >= 11 is 0. The quantitative estimate of drug-likeness (QED) is 0.610. The molecule has 1 unspecified atom stereocenters. The molecule has 8 nitrogen and oxygen atoms in total. The van der Waals surface area contributed by atoms with Crippen LogP contribution in [0.4, 0.5) is 4.79 Å². The summed E-state index contributed by atoms with van der Waals surface area (Å²) < 4.78 is 10.0. The standard InChI is InChI=1S/C16H25NO7/c1-5-23-12(19)10-16(13(20)21)7-9-17(8-6-11(16)18)14(22)24-15(2,3)4/h5-10H2,1-4H3,(H,20,21). The zero-order valence-corrected chi connectivity index (χ0v) is 14.6. The summed E-state index contributed by atoms with van der Waals surface area (Å²) in [4.78, 5) is 49.3. The highest BCUT2D eigenvalue weighted by molar-refractivity contribution is 6.06. The third-order valence-electron chi connectivity index (χ3n) is 3.76. The second-order valence-electron chi connectivity index (χ2n) is 6.76. The summed E-state index contributed by atoms with van der Waals surface area (Å²) in [7, 11) is 0. The van der Waals surface area contributed by atoms with Crippen LogP contribution in [-0.2, 0) is 23.9 Å². The number of hydrogen-bond acceptors (Lipinski definition) is 6. The molecule has 8 heteroatoms. The minimum Gasteiger partial charge on any atom is -0.480 e. The molecule has 0 aromatic heterocycles. The number of rotatable bonds is 4. The molecule has 0 aliphatic carbocycles. The van der Waals surface area contributed by atoms with Gasteiger partial charge in [0, 0.05) is 19.5 Å². The van der Waals surface area contributed by atoms with Gasteiger partial charge in [-0.2, -0.15) is 0 Å². The van der Waals surface area contributed by atoms with Gasteiger partial charge in [-0.1, -0.05) is 0 Å². The Hall–Kier alpha value is -2.12. The molecule has 0 saturated carbocycles. The van der Waals surface area contributed by atoms with Crippen LogP contribution in [0.25, 0.3) is 0 Å². The number of carboxylic acids is 1. The summed E-state index contributed by atoms with van der Waals surface area (Å²) in [6.45, 7) is 6.94. The molecular weight excluding hydrogens is 318 g/mol. The van der Waals surface area contributed by atoms with Crippen molar-refractivity contribution >= 4 is 23.8 Å². The molecule has 1 aliphatic heterocycles. The zero-order valence-electron chi connectivity index (χ0n) is 14.6. The fourth-order valence-electron chi connectivity index (χ4n) is 2.51. The van der Waals surface area contributed by atoms with Gasteiger partial charge in [0.15, 0.2) is 5.78 Å². The van der Waals surface area contributed by atoms with E-state index in [1.807, 2.05) is 0 Å². The van der Waals surface area contributed by atoms with Gasteiger partial charge in [0.1, 0.15) is 11.0 Å². The summed E-state index contributed by atoms with van der Waals surface area (Å²) in [5.74, 6) is -2.68. The van der Waals surface area contributed by atoms with E-state index >= 15 is 0 Å². The average molecular weight is 343 g/mol. The minimum absolute atomic E-state index is 0.0202. The van der Waals surface area contributed by atoms with Crippen molar-refractivity contribution in [1.82, 2.24) is 4.90 Å². The van der Waals surface area contributed by atoms with Crippen molar-refractivity contribution in [3.63, 3.8) is 0 Å². The maximum Gasteiger partial charge on any atom is 0.410 e. The molecule has 136 valence electrons. The number of carbonyl (C=O) groups is 4. The Morgan fingerprint density at radius 3 is 2.38 bits per heavy atom. The molecule has 1 fully saturated rings. The van der Waals surface area contributed by atoms with Gasteiger partial charge in [0.05, 0.1) is 13.0 Å². The van der Waals surface area contributed by atoms with Crippen LogP contribution in [0.2, 0.25) is 0 Å². The number of carbonyl (C=O) groups excluding carboxylic acids is 3. The second-order valence-corrected chi connectivity index (χ2v) is 6.76. The third-order valence-corrected chi connectivity index (χ3v) is 3.76. The van der Waals surface area contributed by atoms with E-state index in [-0.39, 0.29) is 32.5 Å². The number of ether oxygens (including phenoxy) is 2. The maximum absolute atomic E-state index is 12.4. The van der Waals surface area contributed by atoms with Crippen LogP contribution in [0.5, 0.6) is 0 Å². The Morgan fingerprint density at radius 2 is 1.88 bits per heavy atom. The maximum atomic E-state index is 12.4. The van der Waals surface area contributed by atoms with Crippen molar-refractivity contribution in [2.45, 2.75) is 52.6 Å². The van der Waals surface area contributed by atoms with Crippen LogP contribution < -0.4 is 0 Å². The van der Waals surface area contributed by atoms with Gasteiger partial charge in [-0.25, -0.2) is 4.79 Å². The van der Waals surface area contributed by atoms with Crippen LogP contribution in [0.1, 0.15) is 47.0 Å². The Labute approximate surface area is 141 Å². The van der Waals surface area contributed by atoms with Gasteiger partial charge in [-0.15, -0.1) is 0 Å². The second kappa shape index (κ2) is 7.63. The molecule has 0 radical (unpaired) electrons. The molecule has 1 rings (SSSR count). The number of likely N-dealkylation sites (tertiary alicyclic amines) is 1. The predicted octanol–water partition coefficient (Wildman–Crippen LogP) is 1.61. The molecular formula is C16H25NO7. The number of esters is 1. The smallest absolute Gasteiger partial charge is 0.410 e. The van der Waals surface area contributed by atoms with Gasteiger partial charge in [-0.3, -0.25) is 14.4 Å². The molecule has 1 amide bonds. The minimum atomic E-state index is -1.86. The van der Waals surface area contributed by atoms with E-state index in [0.29, 0.717) is 0 Å². The van der Waals surface area contributed by atoms with Crippen molar-refractivity contribution in [3.8, 4) is 0 Å². The summed E-state index contributed by atoms with van der Waals surface area (Å²) in [6, 6.07) is 0. The topological polar surface area (TPSA) is 110 Å². The molecule has 0 bridgehead atoms. The number of amides is 1. The van der Waals surface area contributed by atoms with Crippen LogP contribution in [0.3, 0.4) is 0 Å². The first-order valence-electron chi connectivity index (χ1n) is 7.92. The normalized spacial score (nSPS) is 21.8. The number of aliphatic carboxylic acids is 1. The average Bonchev–Trinajstić information content (AvgIpc) is 2.58. The lowest BCUT2D eigenvalue weighted by Crippen LogP contribution is -2.42. The van der Waals surface area contributed by atoms with Crippen molar-refractivity contribution in [1.29, 1.82) is 0 Å². The van der Waals surface area contributed by atoms with Crippen LogP contribution in [-0.4, -0.2) is 59.1 Å². The molecule has 1 atom stereocenters. The monoisotopic (exact) mass is 343 g/mol. The number of Topliss-reactive ketones (excluding diaryl/α,β-unsaturated/α-hetero) is 1. The fourth-order valence-corrected chi connectivity index (χ4v) is 2.51. The number of nitrogens with zero attached hydrogens (tertiary/aromatic N) is 1. The van der Waals surface area contributed by atoms with E-state index in [4.69, 9.17) is 9.47 Å². The van der Waals surface area contributed by atoms with Crippen molar-refractivity contribution in [2.75, 3.05) is 19.7 Å². The zero-order chi connectivity index (χ0) is 18.5. The van der Waals surface area contributed by atoms with Crippen molar-refractivity contribution in [2.24, 2.45) is 5.41 Å². The highest BCUT2D eigenvalue weighted by Crippen LogP contribution is 2.33. The van der Waals surface area contributed by atoms with Crippen LogP contribution in [0, 0.1) is 5.41 Å². The lowest BCUT2D eigenvalue weighted by atomic mass is 9.76. The molecule has 1 heterocycles.